The minimum atomic E-state index is -0.961. The van der Waals surface area contributed by atoms with Crippen LogP contribution in [0.15, 0.2) is 42.0 Å². The number of rotatable bonds is 3. The van der Waals surface area contributed by atoms with Gasteiger partial charge in [-0.05, 0) is 98.3 Å². The number of fused-ring (bicyclic) bond motifs is 4. The predicted octanol–water partition coefficient (Wildman–Crippen LogP) is 6.13. The summed E-state index contributed by atoms with van der Waals surface area (Å²) in [5.74, 6) is 7.25. The van der Waals surface area contributed by atoms with Gasteiger partial charge in [-0.3, -0.25) is 0 Å². The number of allylic oxidation sites excluding steroid dienone is 2. The molecule has 0 aromatic heterocycles. The number of hydrogen-bond acceptors (Lipinski definition) is 4. The average molecular weight is 515 g/mol. The van der Waals surface area contributed by atoms with Crippen LogP contribution in [0.25, 0.3) is 5.57 Å². The molecule has 1 spiro atoms. The predicted molar refractivity (Wildman–Crippen MR) is 148 cm³/mol. The van der Waals surface area contributed by atoms with E-state index in [4.69, 9.17) is 9.47 Å². The Labute approximate surface area is 227 Å². The van der Waals surface area contributed by atoms with E-state index in [2.05, 4.69) is 49.6 Å². The van der Waals surface area contributed by atoms with Gasteiger partial charge in [0.1, 0.15) is 5.60 Å². The largest absolute Gasteiger partial charge is 0.385 e. The quantitative estimate of drug-likeness (QED) is 0.376. The topological polar surface area (TPSA) is 58.9 Å². The maximum absolute atomic E-state index is 12.2. The Balaban J connectivity index is 1.33. The first-order valence-corrected chi connectivity index (χ1v) is 14.9. The second kappa shape index (κ2) is 8.55. The van der Waals surface area contributed by atoms with E-state index in [0.29, 0.717) is 37.4 Å². The smallest absolute Gasteiger partial charge is 0.171 e. The minimum absolute atomic E-state index is 0.161. The highest BCUT2D eigenvalue weighted by atomic mass is 16.7. The number of aliphatic hydroxyl groups is 2. The maximum atomic E-state index is 12.2. The van der Waals surface area contributed by atoms with Crippen molar-refractivity contribution < 1.29 is 19.7 Å². The molecule has 4 saturated carbocycles. The lowest BCUT2D eigenvalue weighted by molar-refractivity contribution is -0.208. The first-order chi connectivity index (χ1) is 18.2. The van der Waals surface area contributed by atoms with Crippen LogP contribution in [-0.2, 0) is 9.47 Å². The molecule has 5 fully saturated rings. The summed E-state index contributed by atoms with van der Waals surface area (Å²) in [6.45, 7) is 9.74. The molecule has 1 aromatic carbocycles. The Morgan fingerprint density at radius 3 is 2.42 bits per heavy atom. The zero-order valence-electron chi connectivity index (χ0n) is 23.0. The summed E-state index contributed by atoms with van der Waals surface area (Å²) in [4.78, 5) is 0. The van der Waals surface area contributed by atoms with Gasteiger partial charge in [-0.2, -0.15) is 0 Å². The molecule has 38 heavy (non-hydrogen) atoms. The van der Waals surface area contributed by atoms with Crippen molar-refractivity contribution >= 4 is 5.57 Å². The van der Waals surface area contributed by atoms with E-state index in [0.717, 1.165) is 44.9 Å². The van der Waals surface area contributed by atoms with Gasteiger partial charge in [-0.15, -0.1) is 5.92 Å². The minimum Gasteiger partial charge on any atom is -0.385 e. The van der Waals surface area contributed by atoms with Gasteiger partial charge in [0, 0.05) is 24.2 Å². The number of hydrogen-bond donors (Lipinski definition) is 2. The van der Waals surface area contributed by atoms with Crippen molar-refractivity contribution in [1.29, 1.82) is 0 Å². The van der Waals surface area contributed by atoms with Crippen LogP contribution in [0.1, 0.15) is 95.1 Å². The molecular formula is C34H42O4. The Morgan fingerprint density at radius 2 is 1.74 bits per heavy atom. The van der Waals surface area contributed by atoms with Crippen LogP contribution >= 0.6 is 0 Å². The van der Waals surface area contributed by atoms with E-state index in [1.54, 1.807) is 0 Å². The van der Waals surface area contributed by atoms with E-state index >= 15 is 0 Å². The molecule has 0 amide bonds. The summed E-state index contributed by atoms with van der Waals surface area (Å²) in [6, 6.07) is 9.09. The monoisotopic (exact) mass is 514 g/mol. The summed E-state index contributed by atoms with van der Waals surface area (Å²) in [7, 11) is 0. The average Bonchev–Trinajstić information content (AvgIpc) is 3.61. The van der Waals surface area contributed by atoms with Gasteiger partial charge in [0.05, 0.1) is 18.8 Å². The van der Waals surface area contributed by atoms with Crippen LogP contribution < -0.4 is 0 Å². The van der Waals surface area contributed by atoms with Gasteiger partial charge in [-0.25, -0.2) is 0 Å². The second-order valence-corrected chi connectivity index (χ2v) is 13.4. The van der Waals surface area contributed by atoms with E-state index in [9.17, 15) is 10.2 Å². The molecular weight excluding hydrogens is 472 g/mol. The van der Waals surface area contributed by atoms with E-state index in [-0.39, 0.29) is 11.3 Å². The van der Waals surface area contributed by atoms with Gasteiger partial charge in [-0.1, -0.05) is 49.3 Å². The van der Waals surface area contributed by atoms with Crippen LogP contribution in [0.3, 0.4) is 0 Å². The van der Waals surface area contributed by atoms with Crippen LogP contribution in [0.2, 0.25) is 0 Å². The van der Waals surface area contributed by atoms with Crippen LogP contribution in [-0.4, -0.2) is 40.4 Å². The number of ether oxygens (including phenoxy) is 2. The summed E-state index contributed by atoms with van der Waals surface area (Å²) in [6.07, 6.45) is 8.92. The third kappa shape index (κ3) is 3.58. The zero-order chi connectivity index (χ0) is 26.3. The Hall–Kier alpha value is -1.90. The molecule has 0 radical (unpaired) electrons. The maximum Gasteiger partial charge on any atom is 0.171 e. The van der Waals surface area contributed by atoms with E-state index in [1.165, 1.54) is 40.7 Å². The highest BCUT2D eigenvalue weighted by Gasteiger charge is 2.64. The van der Waals surface area contributed by atoms with E-state index < -0.39 is 17.0 Å². The van der Waals surface area contributed by atoms with Crippen molar-refractivity contribution in [3.63, 3.8) is 0 Å². The van der Waals surface area contributed by atoms with Crippen molar-refractivity contribution in [2.75, 3.05) is 13.2 Å². The third-order valence-corrected chi connectivity index (χ3v) is 11.5. The molecule has 7 rings (SSSR count). The molecule has 202 valence electrons. The van der Waals surface area contributed by atoms with Crippen LogP contribution in [0, 0.1) is 35.0 Å². The van der Waals surface area contributed by atoms with Gasteiger partial charge >= 0.3 is 0 Å². The lowest BCUT2D eigenvalue weighted by atomic mass is 9.49. The van der Waals surface area contributed by atoms with Crippen molar-refractivity contribution in [3.8, 4) is 11.8 Å². The van der Waals surface area contributed by atoms with Crippen molar-refractivity contribution in [2.45, 2.75) is 101 Å². The molecule has 1 aromatic rings. The molecule has 2 N–H and O–H groups in total. The molecule has 0 bridgehead atoms. The first kappa shape index (κ1) is 25.1. The van der Waals surface area contributed by atoms with Crippen molar-refractivity contribution in [1.82, 2.24) is 0 Å². The lowest BCUT2D eigenvalue weighted by Gasteiger charge is -2.57. The molecule has 1 saturated heterocycles. The van der Waals surface area contributed by atoms with Crippen molar-refractivity contribution in [2.24, 2.45) is 23.2 Å². The third-order valence-electron chi connectivity index (χ3n) is 11.5. The normalized spacial score (nSPS) is 41.2. The van der Waals surface area contributed by atoms with Crippen LogP contribution in [0.4, 0.5) is 0 Å². The molecule has 1 heterocycles. The Morgan fingerprint density at radius 1 is 1.00 bits per heavy atom. The standard InChI is InChI=1S/C34H42O4/c1-4-14-33(36)16-12-28-26-11-15-32(35)21-34(37-18-19-38-34)17-13-29(32)30(26)27(20-31(28,33)3)25-9-7-24(8-10-25)22(2)23-5-6-23/h7-10,23,26-28,35-36H,2,5-6,11-13,15-21H2,1,3H3. The summed E-state index contributed by atoms with van der Waals surface area (Å²) in [5, 5.41) is 24.1. The van der Waals surface area contributed by atoms with E-state index in [1.807, 2.05) is 6.92 Å². The molecule has 6 atom stereocenters. The fourth-order valence-electron chi connectivity index (χ4n) is 9.33. The Bertz CT molecular complexity index is 1240. The fraction of sp³-hybridized carbons (Fsp3) is 0.647. The second-order valence-electron chi connectivity index (χ2n) is 13.4. The van der Waals surface area contributed by atoms with Gasteiger partial charge in [0.15, 0.2) is 5.79 Å². The SMILES string of the molecule is C=C(c1ccc(C2CC3(C)C(CCC3(O)C#CC)C3CCC4(O)CC5(CCC4=C23)OCCO5)cc1)C1CC1. The van der Waals surface area contributed by atoms with Gasteiger partial charge in [0.25, 0.3) is 0 Å². The number of benzene rings is 1. The van der Waals surface area contributed by atoms with Crippen molar-refractivity contribution in [3.05, 3.63) is 53.1 Å². The highest BCUT2D eigenvalue weighted by Crippen LogP contribution is 2.67. The molecule has 6 unspecified atom stereocenters. The fourth-order valence-corrected chi connectivity index (χ4v) is 9.33. The summed E-state index contributed by atoms with van der Waals surface area (Å²) < 4.78 is 12.2. The van der Waals surface area contributed by atoms with Gasteiger partial charge < -0.3 is 19.7 Å². The molecule has 4 heteroatoms. The lowest BCUT2D eigenvalue weighted by Crippen LogP contribution is -2.55. The summed E-state index contributed by atoms with van der Waals surface area (Å²) >= 11 is 0. The molecule has 4 nitrogen and oxygen atoms in total. The summed E-state index contributed by atoms with van der Waals surface area (Å²) in [5.41, 5.74) is 4.38. The van der Waals surface area contributed by atoms with Crippen LogP contribution in [0.5, 0.6) is 0 Å². The molecule has 5 aliphatic carbocycles. The zero-order valence-corrected chi connectivity index (χ0v) is 23.0. The highest BCUT2D eigenvalue weighted by molar-refractivity contribution is 5.67. The Kier molecular flexibility index (Phi) is 5.64. The molecule has 1 aliphatic heterocycles. The molecule has 6 aliphatic rings. The van der Waals surface area contributed by atoms with Gasteiger partial charge in [0.2, 0.25) is 0 Å². The first-order valence-electron chi connectivity index (χ1n) is 14.9.